The molecule has 0 heterocycles. The van der Waals surface area contributed by atoms with Crippen molar-refractivity contribution in [1.82, 2.24) is 5.43 Å². The maximum atomic E-state index is 12.9. The molecule has 0 aliphatic rings. The van der Waals surface area contributed by atoms with Crippen molar-refractivity contribution >= 4 is 11.8 Å². The van der Waals surface area contributed by atoms with Crippen LogP contribution in [-0.2, 0) is 6.42 Å². The first-order valence-electron chi connectivity index (χ1n) is 6.58. The van der Waals surface area contributed by atoms with Crippen molar-refractivity contribution in [3.05, 3.63) is 65.5 Å². The Bertz CT molecular complexity index is 542. The van der Waals surface area contributed by atoms with E-state index in [-0.39, 0.29) is 11.9 Å². The number of hydrogen-bond acceptors (Lipinski definition) is 3. The van der Waals surface area contributed by atoms with Gasteiger partial charge in [-0.05, 0) is 42.7 Å². The average molecular weight is 290 g/mol. The van der Waals surface area contributed by atoms with Crippen LogP contribution in [0.3, 0.4) is 0 Å². The van der Waals surface area contributed by atoms with Crippen LogP contribution in [0.1, 0.15) is 11.1 Å². The van der Waals surface area contributed by atoms with Gasteiger partial charge in [0.1, 0.15) is 5.82 Å². The van der Waals surface area contributed by atoms with Gasteiger partial charge in [-0.15, -0.1) is 11.8 Å². The number of hydrazine groups is 1. The Morgan fingerprint density at radius 2 is 1.85 bits per heavy atom. The zero-order chi connectivity index (χ0) is 14.4. The van der Waals surface area contributed by atoms with Gasteiger partial charge in [0, 0.05) is 16.7 Å². The number of nitrogens with one attached hydrogen (secondary N) is 1. The van der Waals surface area contributed by atoms with E-state index in [0.29, 0.717) is 0 Å². The number of nitrogens with two attached hydrogens (primary N) is 1. The van der Waals surface area contributed by atoms with Crippen molar-refractivity contribution in [2.75, 3.05) is 5.75 Å². The summed E-state index contributed by atoms with van der Waals surface area (Å²) >= 11 is 1.79. The Morgan fingerprint density at radius 3 is 2.50 bits per heavy atom. The van der Waals surface area contributed by atoms with E-state index in [9.17, 15) is 4.39 Å². The molecule has 0 saturated heterocycles. The van der Waals surface area contributed by atoms with Gasteiger partial charge >= 0.3 is 0 Å². The summed E-state index contributed by atoms with van der Waals surface area (Å²) in [6.45, 7) is 2.10. The fraction of sp³-hybridized carbons (Fsp3) is 0.250. The molecule has 0 amide bonds. The summed E-state index contributed by atoms with van der Waals surface area (Å²) in [6.07, 6.45) is 0.787. The third kappa shape index (κ3) is 4.34. The largest absolute Gasteiger partial charge is 0.271 e. The molecule has 0 saturated carbocycles. The van der Waals surface area contributed by atoms with E-state index in [1.807, 2.05) is 12.1 Å². The van der Waals surface area contributed by atoms with Crippen LogP contribution in [-0.4, -0.2) is 11.8 Å². The summed E-state index contributed by atoms with van der Waals surface area (Å²) in [5.74, 6) is 6.28. The molecule has 0 aromatic heterocycles. The van der Waals surface area contributed by atoms with Crippen LogP contribution < -0.4 is 11.3 Å². The highest BCUT2D eigenvalue weighted by Crippen LogP contribution is 2.23. The molecule has 20 heavy (non-hydrogen) atoms. The molecule has 1 unspecified atom stereocenters. The molecule has 2 aromatic rings. The Kier molecular flexibility index (Phi) is 5.59. The molecule has 106 valence electrons. The van der Waals surface area contributed by atoms with Crippen molar-refractivity contribution in [1.29, 1.82) is 0 Å². The molecule has 4 heteroatoms. The molecular formula is C16H19FN2S. The van der Waals surface area contributed by atoms with Crippen LogP contribution in [0.2, 0.25) is 0 Å². The summed E-state index contributed by atoms with van der Waals surface area (Å²) < 4.78 is 12.9. The Hall–Kier alpha value is -1.36. The standard InChI is InChI=1S/C16H19FN2S/c1-12-4-2-3-5-16(12)20-11-15(19-18)10-13-6-8-14(17)9-7-13/h2-9,15,19H,10-11,18H2,1H3. The first kappa shape index (κ1) is 15.0. The summed E-state index contributed by atoms with van der Waals surface area (Å²) in [4.78, 5) is 1.27. The molecule has 0 aliphatic heterocycles. The lowest BCUT2D eigenvalue weighted by Gasteiger charge is -2.16. The van der Waals surface area contributed by atoms with Crippen LogP contribution in [0.15, 0.2) is 53.4 Å². The summed E-state index contributed by atoms with van der Waals surface area (Å²) in [7, 11) is 0. The first-order chi connectivity index (χ1) is 9.69. The molecule has 2 aromatic carbocycles. The van der Waals surface area contributed by atoms with Gasteiger partial charge in [0.25, 0.3) is 0 Å². The van der Waals surface area contributed by atoms with E-state index < -0.39 is 0 Å². The normalized spacial score (nSPS) is 12.3. The minimum absolute atomic E-state index is 0.157. The summed E-state index contributed by atoms with van der Waals surface area (Å²) in [5, 5.41) is 0. The van der Waals surface area contributed by atoms with E-state index >= 15 is 0 Å². The second-order valence-electron chi connectivity index (χ2n) is 4.77. The molecular weight excluding hydrogens is 271 g/mol. The third-order valence-corrected chi connectivity index (χ3v) is 4.50. The van der Waals surface area contributed by atoms with Crippen LogP contribution in [0.25, 0.3) is 0 Å². The maximum absolute atomic E-state index is 12.9. The van der Waals surface area contributed by atoms with Gasteiger partial charge in [0.2, 0.25) is 0 Å². The van der Waals surface area contributed by atoms with Crippen molar-refractivity contribution in [2.24, 2.45) is 5.84 Å². The minimum Gasteiger partial charge on any atom is -0.271 e. The predicted molar refractivity (Wildman–Crippen MR) is 83.1 cm³/mol. The highest BCUT2D eigenvalue weighted by atomic mass is 32.2. The van der Waals surface area contributed by atoms with Gasteiger partial charge in [-0.2, -0.15) is 0 Å². The van der Waals surface area contributed by atoms with Gasteiger partial charge in [-0.1, -0.05) is 30.3 Å². The lowest BCUT2D eigenvalue weighted by Crippen LogP contribution is -2.38. The topological polar surface area (TPSA) is 38.0 Å². The fourth-order valence-electron chi connectivity index (χ4n) is 1.98. The number of hydrogen-bond donors (Lipinski definition) is 2. The smallest absolute Gasteiger partial charge is 0.123 e. The van der Waals surface area contributed by atoms with Crippen LogP contribution in [0, 0.1) is 12.7 Å². The SMILES string of the molecule is Cc1ccccc1SCC(Cc1ccc(F)cc1)NN. The zero-order valence-electron chi connectivity index (χ0n) is 11.5. The maximum Gasteiger partial charge on any atom is 0.123 e. The monoisotopic (exact) mass is 290 g/mol. The van der Waals surface area contributed by atoms with E-state index in [1.165, 1.54) is 22.6 Å². The molecule has 0 spiro atoms. The molecule has 0 bridgehead atoms. The van der Waals surface area contributed by atoms with Crippen molar-refractivity contribution < 1.29 is 4.39 Å². The van der Waals surface area contributed by atoms with Crippen molar-refractivity contribution in [3.8, 4) is 0 Å². The van der Waals surface area contributed by atoms with Crippen LogP contribution in [0.5, 0.6) is 0 Å². The number of rotatable bonds is 6. The van der Waals surface area contributed by atoms with Gasteiger partial charge in [-0.3, -0.25) is 11.3 Å². The van der Waals surface area contributed by atoms with Crippen molar-refractivity contribution in [2.45, 2.75) is 24.3 Å². The minimum atomic E-state index is -0.208. The lowest BCUT2D eigenvalue weighted by atomic mass is 10.1. The average Bonchev–Trinajstić information content (AvgIpc) is 2.47. The van der Waals surface area contributed by atoms with E-state index in [1.54, 1.807) is 23.9 Å². The number of halogens is 1. The molecule has 0 fully saturated rings. The molecule has 1 atom stereocenters. The molecule has 0 aliphatic carbocycles. The first-order valence-corrected chi connectivity index (χ1v) is 7.56. The van der Waals surface area contributed by atoms with Gasteiger partial charge in [0.15, 0.2) is 0 Å². The van der Waals surface area contributed by atoms with Crippen LogP contribution in [0.4, 0.5) is 4.39 Å². The summed E-state index contributed by atoms with van der Waals surface area (Å²) in [5.41, 5.74) is 5.20. The quantitative estimate of drug-likeness (QED) is 0.487. The molecule has 3 N–H and O–H groups in total. The van der Waals surface area contributed by atoms with E-state index in [0.717, 1.165) is 17.7 Å². The Morgan fingerprint density at radius 1 is 1.15 bits per heavy atom. The second-order valence-corrected chi connectivity index (χ2v) is 5.83. The Balaban J connectivity index is 1.92. The second kappa shape index (κ2) is 7.43. The van der Waals surface area contributed by atoms with Crippen LogP contribution >= 0.6 is 11.8 Å². The summed E-state index contributed by atoms with van der Waals surface area (Å²) in [6, 6.07) is 15.0. The van der Waals surface area contributed by atoms with Gasteiger partial charge in [-0.25, -0.2) is 4.39 Å². The number of thioether (sulfide) groups is 1. The highest BCUT2D eigenvalue weighted by molar-refractivity contribution is 7.99. The number of benzene rings is 2. The molecule has 0 radical (unpaired) electrons. The molecule has 2 rings (SSSR count). The van der Waals surface area contributed by atoms with Gasteiger partial charge < -0.3 is 0 Å². The zero-order valence-corrected chi connectivity index (χ0v) is 12.3. The lowest BCUT2D eigenvalue weighted by molar-refractivity contribution is 0.573. The highest BCUT2D eigenvalue weighted by Gasteiger charge is 2.09. The van der Waals surface area contributed by atoms with E-state index in [2.05, 4.69) is 24.5 Å². The third-order valence-electron chi connectivity index (χ3n) is 3.16. The number of aryl methyl sites for hydroxylation is 1. The van der Waals surface area contributed by atoms with Gasteiger partial charge in [0.05, 0.1) is 0 Å². The predicted octanol–water partition coefficient (Wildman–Crippen LogP) is 3.30. The fourth-order valence-corrected chi connectivity index (χ4v) is 3.05. The van der Waals surface area contributed by atoms with E-state index in [4.69, 9.17) is 5.84 Å². The molecule has 2 nitrogen and oxygen atoms in total. The Labute approximate surface area is 123 Å². The van der Waals surface area contributed by atoms with Crippen molar-refractivity contribution in [3.63, 3.8) is 0 Å².